The number of carbonyl (C=O) groups excluding carboxylic acids is 1. The van der Waals surface area contributed by atoms with E-state index in [9.17, 15) is 4.79 Å². The van der Waals surface area contributed by atoms with Gasteiger partial charge in [0.15, 0.2) is 11.5 Å². The van der Waals surface area contributed by atoms with E-state index in [1.54, 1.807) is 7.11 Å². The molecule has 0 aliphatic carbocycles. The zero-order valence-electron chi connectivity index (χ0n) is 15.5. The van der Waals surface area contributed by atoms with E-state index >= 15 is 0 Å². The number of hydrogen-bond donors (Lipinski definition) is 1. The van der Waals surface area contributed by atoms with Crippen molar-refractivity contribution in [2.24, 2.45) is 0 Å². The molecule has 0 spiro atoms. The molecule has 0 saturated heterocycles. The fraction of sp³-hybridized carbons (Fsp3) is 0.381. The molecule has 3 rings (SSSR count). The van der Waals surface area contributed by atoms with Gasteiger partial charge in [-0.15, -0.1) is 0 Å². The Morgan fingerprint density at radius 2 is 1.92 bits per heavy atom. The fourth-order valence-corrected chi connectivity index (χ4v) is 2.99. The SMILES string of the molecule is COc1ccccc1CCC(=O)NCC(C)(C)c1ccc2c(c1)OCO2. The highest BCUT2D eigenvalue weighted by molar-refractivity contribution is 5.76. The van der Waals surface area contributed by atoms with Gasteiger partial charge in [-0.2, -0.15) is 0 Å². The highest BCUT2D eigenvalue weighted by atomic mass is 16.7. The Bertz CT molecular complexity index is 785. The largest absolute Gasteiger partial charge is 0.496 e. The Kier molecular flexibility index (Phi) is 5.35. The average Bonchev–Trinajstić information content (AvgIpc) is 3.12. The topological polar surface area (TPSA) is 56.8 Å². The Morgan fingerprint density at radius 3 is 2.73 bits per heavy atom. The molecule has 1 N–H and O–H groups in total. The lowest BCUT2D eigenvalue weighted by atomic mass is 9.84. The number of ether oxygens (including phenoxy) is 3. The molecule has 0 radical (unpaired) electrons. The van der Waals surface area contributed by atoms with E-state index in [1.807, 2.05) is 42.5 Å². The number of nitrogens with one attached hydrogen (secondary N) is 1. The quantitative estimate of drug-likeness (QED) is 0.826. The van der Waals surface area contributed by atoms with Crippen LogP contribution in [-0.2, 0) is 16.6 Å². The number of hydrogen-bond acceptors (Lipinski definition) is 4. The molecule has 0 fully saturated rings. The number of para-hydroxylation sites is 1. The monoisotopic (exact) mass is 355 g/mol. The molecule has 5 nitrogen and oxygen atoms in total. The van der Waals surface area contributed by atoms with Gasteiger partial charge in [0.1, 0.15) is 5.75 Å². The van der Waals surface area contributed by atoms with Crippen LogP contribution in [0.4, 0.5) is 0 Å². The van der Waals surface area contributed by atoms with Crippen LogP contribution >= 0.6 is 0 Å². The molecule has 1 heterocycles. The van der Waals surface area contributed by atoms with Crippen LogP contribution in [0, 0.1) is 0 Å². The molecule has 0 atom stereocenters. The van der Waals surface area contributed by atoms with E-state index in [4.69, 9.17) is 14.2 Å². The second kappa shape index (κ2) is 7.68. The lowest BCUT2D eigenvalue weighted by Gasteiger charge is -2.26. The summed E-state index contributed by atoms with van der Waals surface area (Å²) < 4.78 is 16.1. The third-order valence-electron chi connectivity index (χ3n) is 4.70. The van der Waals surface area contributed by atoms with Gasteiger partial charge in [-0.05, 0) is 35.7 Å². The summed E-state index contributed by atoms with van der Waals surface area (Å²) in [6, 6.07) is 13.7. The van der Waals surface area contributed by atoms with Crippen LogP contribution in [0.15, 0.2) is 42.5 Å². The number of carbonyl (C=O) groups is 1. The van der Waals surface area contributed by atoms with Crippen molar-refractivity contribution in [2.45, 2.75) is 32.1 Å². The van der Waals surface area contributed by atoms with Crippen molar-refractivity contribution in [3.8, 4) is 17.2 Å². The van der Waals surface area contributed by atoms with E-state index in [-0.39, 0.29) is 18.1 Å². The molecule has 0 bridgehead atoms. The molecule has 1 amide bonds. The summed E-state index contributed by atoms with van der Waals surface area (Å²) >= 11 is 0. The normalized spacial score (nSPS) is 12.7. The van der Waals surface area contributed by atoms with Gasteiger partial charge < -0.3 is 19.5 Å². The Hall–Kier alpha value is -2.69. The first-order chi connectivity index (χ1) is 12.5. The second-order valence-corrected chi connectivity index (χ2v) is 7.04. The van der Waals surface area contributed by atoms with E-state index in [2.05, 4.69) is 19.2 Å². The Labute approximate surface area is 154 Å². The molecular formula is C21H25NO4. The maximum Gasteiger partial charge on any atom is 0.231 e. The minimum absolute atomic E-state index is 0.0322. The molecule has 5 heteroatoms. The van der Waals surface area contributed by atoms with Crippen LogP contribution < -0.4 is 19.5 Å². The van der Waals surface area contributed by atoms with E-state index < -0.39 is 0 Å². The van der Waals surface area contributed by atoms with Crippen molar-refractivity contribution >= 4 is 5.91 Å². The molecule has 0 aromatic heterocycles. The predicted octanol–water partition coefficient (Wildman–Crippen LogP) is 3.45. The summed E-state index contributed by atoms with van der Waals surface area (Å²) in [5.41, 5.74) is 1.94. The third-order valence-corrected chi connectivity index (χ3v) is 4.70. The first-order valence-electron chi connectivity index (χ1n) is 8.78. The molecule has 2 aromatic carbocycles. The number of amides is 1. The molecule has 26 heavy (non-hydrogen) atoms. The zero-order chi connectivity index (χ0) is 18.6. The number of rotatable bonds is 7. The van der Waals surface area contributed by atoms with Gasteiger partial charge in [0.2, 0.25) is 12.7 Å². The molecule has 0 unspecified atom stereocenters. The summed E-state index contributed by atoms with van der Waals surface area (Å²) in [5.74, 6) is 2.38. The van der Waals surface area contributed by atoms with Crippen LogP contribution in [0.3, 0.4) is 0 Å². The highest BCUT2D eigenvalue weighted by Crippen LogP contribution is 2.36. The van der Waals surface area contributed by atoms with Gasteiger partial charge >= 0.3 is 0 Å². The summed E-state index contributed by atoms with van der Waals surface area (Å²) in [4.78, 5) is 12.3. The van der Waals surface area contributed by atoms with E-state index in [1.165, 1.54) is 0 Å². The van der Waals surface area contributed by atoms with Gasteiger partial charge in [0, 0.05) is 18.4 Å². The van der Waals surface area contributed by atoms with Crippen LogP contribution in [0.1, 0.15) is 31.4 Å². The minimum atomic E-state index is -0.207. The van der Waals surface area contributed by atoms with Crippen LogP contribution in [0.5, 0.6) is 17.2 Å². The smallest absolute Gasteiger partial charge is 0.231 e. The van der Waals surface area contributed by atoms with Crippen molar-refractivity contribution in [1.82, 2.24) is 5.32 Å². The van der Waals surface area contributed by atoms with Gasteiger partial charge in [0.25, 0.3) is 0 Å². The Balaban J connectivity index is 1.55. The first-order valence-corrected chi connectivity index (χ1v) is 8.78. The minimum Gasteiger partial charge on any atom is -0.496 e. The second-order valence-electron chi connectivity index (χ2n) is 7.04. The van der Waals surface area contributed by atoms with Crippen molar-refractivity contribution in [2.75, 3.05) is 20.4 Å². The molecule has 0 saturated carbocycles. The summed E-state index contributed by atoms with van der Waals surface area (Å²) in [7, 11) is 1.65. The van der Waals surface area contributed by atoms with E-state index in [0.29, 0.717) is 19.4 Å². The number of aryl methyl sites for hydroxylation is 1. The molecule has 1 aliphatic rings. The summed E-state index contributed by atoms with van der Waals surface area (Å²) in [5, 5.41) is 3.05. The van der Waals surface area contributed by atoms with Crippen molar-refractivity contribution in [3.05, 3.63) is 53.6 Å². The third kappa shape index (κ3) is 4.10. The van der Waals surface area contributed by atoms with Crippen molar-refractivity contribution < 1.29 is 19.0 Å². The van der Waals surface area contributed by atoms with Gasteiger partial charge in [-0.25, -0.2) is 0 Å². The molecule has 1 aliphatic heterocycles. The standard InChI is InChI=1S/C21H25NO4/c1-21(2,16-9-10-18-19(12-16)26-14-25-18)13-22-20(23)11-8-15-6-4-5-7-17(15)24-3/h4-7,9-10,12H,8,11,13-14H2,1-3H3,(H,22,23). The number of benzene rings is 2. The predicted molar refractivity (Wildman–Crippen MR) is 99.9 cm³/mol. The summed E-state index contributed by atoms with van der Waals surface area (Å²) in [6.45, 7) is 5.02. The van der Waals surface area contributed by atoms with Crippen LogP contribution in [-0.4, -0.2) is 26.4 Å². The van der Waals surface area contributed by atoms with Gasteiger partial charge in [-0.1, -0.05) is 38.1 Å². The average molecular weight is 355 g/mol. The first kappa shape index (κ1) is 18.1. The van der Waals surface area contributed by atoms with Crippen molar-refractivity contribution in [3.63, 3.8) is 0 Å². The molecular weight excluding hydrogens is 330 g/mol. The molecule has 2 aromatic rings. The highest BCUT2D eigenvalue weighted by Gasteiger charge is 2.24. The van der Waals surface area contributed by atoms with Crippen LogP contribution in [0.2, 0.25) is 0 Å². The lowest BCUT2D eigenvalue weighted by Crippen LogP contribution is -2.36. The fourth-order valence-electron chi connectivity index (χ4n) is 2.99. The van der Waals surface area contributed by atoms with Gasteiger partial charge in [0.05, 0.1) is 7.11 Å². The number of methoxy groups -OCH3 is 1. The maximum absolute atomic E-state index is 12.3. The lowest BCUT2D eigenvalue weighted by molar-refractivity contribution is -0.121. The van der Waals surface area contributed by atoms with E-state index in [0.717, 1.165) is 28.4 Å². The zero-order valence-corrected chi connectivity index (χ0v) is 15.5. The van der Waals surface area contributed by atoms with Crippen molar-refractivity contribution in [1.29, 1.82) is 0 Å². The maximum atomic E-state index is 12.3. The molecule has 138 valence electrons. The summed E-state index contributed by atoms with van der Waals surface area (Å²) in [6.07, 6.45) is 1.08. The van der Waals surface area contributed by atoms with Crippen LogP contribution in [0.25, 0.3) is 0 Å². The number of fused-ring (bicyclic) bond motifs is 1. The Morgan fingerprint density at radius 1 is 1.15 bits per heavy atom. The van der Waals surface area contributed by atoms with Gasteiger partial charge in [-0.3, -0.25) is 4.79 Å².